The summed E-state index contributed by atoms with van der Waals surface area (Å²) in [5, 5.41) is 13.9. The van der Waals surface area contributed by atoms with Crippen LogP contribution in [0.2, 0.25) is 10.0 Å². The molecule has 2 saturated heterocycles. The summed E-state index contributed by atoms with van der Waals surface area (Å²) >= 11 is 12.3. The molecule has 2 aliphatic heterocycles. The summed E-state index contributed by atoms with van der Waals surface area (Å²) in [5.41, 5.74) is -0.696. The van der Waals surface area contributed by atoms with Crippen LogP contribution in [0.3, 0.4) is 0 Å². The smallest absolute Gasteiger partial charge is 0.407 e. The van der Waals surface area contributed by atoms with Gasteiger partial charge >= 0.3 is 6.09 Å². The van der Waals surface area contributed by atoms with Gasteiger partial charge in [-0.25, -0.2) is 4.79 Å². The SMILES string of the molecule is CN(C(=O)O)[C@@]1(C(=O)C2CCN(C(=O)C3(C)CC3)CC2)CNC[C@H]1c1ccc(Cl)c(Cl)c1. The highest BCUT2D eigenvalue weighted by molar-refractivity contribution is 6.42. The number of likely N-dealkylation sites (tertiary alicyclic amines) is 1. The molecular formula is C23H29Cl2N3O4. The highest BCUT2D eigenvalue weighted by Crippen LogP contribution is 2.47. The molecule has 32 heavy (non-hydrogen) atoms. The van der Waals surface area contributed by atoms with Crippen LogP contribution in [-0.2, 0) is 9.59 Å². The van der Waals surface area contributed by atoms with Crippen LogP contribution in [0.1, 0.15) is 44.1 Å². The van der Waals surface area contributed by atoms with E-state index in [1.807, 2.05) is 11.8 Å². The lowest BCUT2D eigenvalue weighted by molar-refractivity contribution is -0.142. The second-order valence-corrected chi connectivity index (χ2v) is 10.4. The zero-order chi connectivity index (χ0) is 23.3. The van der Waals surface area contributed by atoms with E-state index >= 15 is 0 Å². The van der Waals surface area contributed by atoms with Gasteiger partial charge < -0.3 is 15.3 Å². The second-order valence-electron chi connectivity index (χ2n) is 9.61. The molecular weight excluding hydrogens is 453 g/mol. The van der Waals surface area contributed by atoms with Crippen molar-refractivity contribution in [1.82, 2.24) is 15.1 Å². The van der Waals surface area contributed by atoms with Gasteiger partial charge in [0.15, 0.2) is 5.78 Å². The van der Waals surface area contributed by atoms with E-state index in [4.69, 9.17) is 23.2 Å². The second kappa shape index (κ2) is 8.50. The van der Waals surface area contributed by atoms with Crippen LogP contribution >= 0.6 is 23.2 Å². The lowest BCUT2D eigenvalue weighted by Gasteiger charge is -2.43. The van der Waals surface area contributed by atoms with Gasteiger partial charge in [-0.1, -0.05) is 36.2 Å². The van der Waals surface area contributed by atoms with Gasteiger partial charge in [0.1, 0.15) is 5.54 Å². The summed E-state index contributed by atoms with van der Waals surface area (Å²) in [6, 6.07) is 5.20. The van der Waals surface area contributed by atoms with Crippen molar-refractivity contribution in [2.24, 2.45) is 11.3 Å². The quantitative estimate of drug-likeness (QED) is 0.669. The minimum Gasteiger partial charge on any atom is -0.465 e. The molecule has 7 nitrogen and oxygen atoms in total. The number of rotatable bonds is 5. The molecule has 1 saturated carbocycles. The summed E-state index contributed by atoms with van der Waals surface area (Å²) in [7, 11) is 1.46. The van der Waals surface area contributed by atoms with Crippen LogP contribution in [0.15, 0.2) is 18.2 Å². The molecule has 1 aromatic rings. The van der Waals surface area contributed by atoms with E-state index < -0.39 is 17.6 Å². The Labute approximate surface area is 198 Å². The maximum atomic E-state index is 14.0. The molecule has 1 aromatic carbocycles. The minimum absolute atomic E-state index is 0.0896. The van der Waals surface area contributed by atoms with Gasteiger partial charge in [0.25, 0.3) is 0 Å². The number of hydrogen-bond acceptors (Lipinski definition) is 4. The van der Waals surface area contributed by atoms with E-state index in [-0.39, 0.29) is 29.6 Å². The highest BCUT2D eigenvalue weighted by Gasteiger charge is 2.56. The van der Waals surface area contributed by atoms with Crippen LogP contribution in [0, 0.1) is 11.3 Å². The number of carboxylic acid groups (broad SMARTS) is 1. The first-order valence-electron chi connectivity index (χ1n) is 11.1. The normalized spacial score (nSPS) is 27.2. The lowest BCUT2D eigenvalue weighted by atomic mass is 9.72. The van der Waals surface area contributed by atoms with Crippen LogP contribution in [-0.4, -0.2) is 71.5 Å². The minimum atomic E-state index is -1.25. The number of carbonyl (C=O) groups is 3. The number of Topliss-reactive ketones (excluding diaryl/α,β-unsaturated/α-hetero) is 1. The van der Waals surface area contributed by atoms with Gasteiger partial charge in [0, 0.05) is 50.5 Å². The molecule has 2 N–H and O–H groups in total. The van der Waals surface area contributed by atoms with E-state index in [0.717, 1.165) is 23.3 Å². The number of nitrogens with one attached hydrogen (secondary N) is 1. The van der Waals surface area contributed by atoms with Gasteiger partial charge in [0.2, 0.25) is 5.91 Å². The molecule has 0 aromatic heterocycles. The summed E-state index contributed by atoms with van der Waals surface area (Å²) < 4.78 is 0. The molecule has 174 valence electrons. The summed E-state index contributed by atoms with van der Waals surface area (Å²) in [6.45, 7) is 3.74. The Morgan fingerprint density at radius 1 is 1.16 bits per heavy atom. The van der Waals surface area contributed by atoms with Crippen molar-refractivity contribution >= 4 is 41.0 Å². The fourth-order valence-corrected chi connectivity index (χ4v) is 5.56. The third-order valence-corrected chi connectivity index (χ3v) is 8.39. The number of hydrogen-bond donors (Lipinski definition) is 2. The van der Waals surface area contributed by atoms with Crippen LogP contribution in [0.25, 0.3) is 0 Å². The molecule has 3 aliphatic rings. The highest BCUT2D eigenvalue weighted by atomic mass is 35.5. The topological polar surface area (TPSA) is 90.0 Å². The summed E-state index contributed by atoms with van der Waals surface area (Å²) in [5.74, 6) is -0.612. The zero-order valence-electron chi connectivity index (χ0n) is 18.4. The average molecular weight is 482 g/mol. The van der Waals surface area contributed by atoms with E-state index in [0.29, 0.717) is 42.5 Å². The van der Waals surface area contributed by atoms with Crippen molar-refractivity contribution < 1.29 is 19.5 Å². The predicted molar refractivity (Wildman–Crippen MR) is 122 cm³/mol. The monoisotopic (exact) mass is 481 g/mol. The third-order valence-electron chi connectivity index (χ3n) is 7.65. The average Bonchev–Trinajstić information content (AvgIpc) is 3.38. The molecule has 2 amide bonds. The van der Waals surface area contributed by atoms with Crippen molar-refractivity contribution in [3.05, 3.63) is 33.8 Å². The molecule has 3 fully saturated rings. The molecule has 0 spiro atoms. The van der Waals surface area contributed by atoms with Gasteiger partial charge in [-0.15, -0.1) is 0 Å². The number of likely N-dealkylation sites (N-methyl/N-ethyl adjacent to an activating group) is 1. The largest absolute Gasteiger partial charge is 0.465 e. The van der Waals surface area contributed by atoms with Crippen LogP contribution in [0.4, 0.5) is 4.79 Å². The Hall–Kier alpha value is -1.83. The fraction of sp³-hybridized carbons (Fsp3) is 0.609. The molecule has 9 heteroatoms. The van der Waals surface area contributed by atoms with Crippen molar-refractivity contribution in [1.29, 1.82) is 0 Å². The molecule has 1 aliphatic carbocycles. The maximum absolute atomic E-state index is 14.0. The van der Waals surface area contributed by atoms with E-state index in [2.05, 4.69) is 5.32 Å². The molecule has 2 heterocycles. The summed E-state index contributed by atoms with van der Waals surface area (Å²) in [4.78, 5) is 41.8. The number of piperidine rings is 1. The standard InChI is InChI=1S/C23H29Cl2N3O4/c1-22(7-8-22)20(30)28-9-5-14(6-10-28)19(29)23(27(2)21(31)32)13-26-12-16(23)15-3-4-17(24)18(25)11-15/h3-4,11,14,16,26H,5-10,12-13H2,1-2H3,(H,31,32)/t16-,23-/m0/s1. The number of amides is 2. The van der Waals surface area contributed by atoms with Gasteiger partial charge in [-0.2, -0.15) is 0 Å². The van der Waals surface area contributed by atoms with Crippen molar-refractivity contribution in [2.45, 2.75) is 44.1 Å². The predicted octanol–water partition coefficient (Wildman–Crippen LogP) is 3.64. The third kappa shape index (κ3) is 3.88. The molecule has 4 rings (SSSR count). The molecule has 0 bridgehead atoms. The Morgan fingerprint density at radius 2 is 1.81 bits per heavy atom. The molecule has 0 unspecified atom stereocenters. The Morgan fingerprint density at radius 3 is 2.38 bits per heavy atom. The number of ketones is 1. The lowest BCUT2D eigenvalue weighted by Crippen LogP contribution is -2.62. The van der Waals surface area contributed by atoms with Crippen LogP contribution in [0.5, 0.6) is 0 Å². The van der Waals surface area contributed by atoms with E-state index in [1.54, 1.807) is 18.2 Å². The summed E-state index contributed by atoms with van der Waals surface area (Å²) in [6.07, 6.45) is 1.79. The van der Waals surface area contributed by atoms with E-state index in [9.17, 15) is 19.5 Å². The zero-order valence-corrected chi connectivity index (χ0v) is 19.9. The maximum Gasteiger partial charge on any atom is 0.407 e. The van der Waals surface area contributed by atoms with Crippen molar-refractivity contribution in [2.75, 3.05) is 33.2 Å². The first-order valence-corrected chi connectivity index (χ1v) is 11.8. The Balaban J connectivity index is 1.60. The molecule has 0 radical (unpaired) electrons. The molecule has 2 atom stereocenters. The number of nitrogens with zero attached hydrogens (tertiary/aromatic N) is 2. The van der Waals surface area contributed by atoms with Gasteiger partial charge in [0.05, 0.1) is 10.0 Å². The van der Waals surface area contributed by atoms with E-state index in [1.165, 1.54) is 7.05 Å². The number of halogens is 2. The van der Waals surface area contributed by atoms with Crippen LogP contribution < -0.4 is 5.32 Å². The first kappa shape index (κ1) is 23.3. The van der Waals surface area contributed by atoms with Gasteiger partial charge in [-0.05, 0) is 43.4 Å². The number of carbonyl (C=O) groups excluding carboxylic acids is 2. The first-order chi connectivity index (χ1) is 15.1. The number of benzene rings is 1. The van der Waals surface area contributed by atoms with Gasteiger partial charge in [-0.3, -0.25) is 14.5 Å². The van der Waals surface area contributed by atoms with Crippen molar-refractivity contribution in [3.8, 4) is 0 Å². The Bertz CT molecular complexity index is 943. The Kier molecular flexibility index (Phi) is 6.20. The van der Waals surface area contributed by atoms with Crippen molar-refractivity contribution in [3.63, 3.8) is 0 Å². The fourth-order valence-electron chi connectivity index (χ4n) is 5.25.